The molecule has 1 saturated heterocycles. The van der Waals surface area contributed by atoms with Gasteiger partial charge >= 0.3 is 0 Å². The molecule has 4 rings (SSSR count). The van der Waals surface area contributed by atoms with Gasteiger partial charge in [0.25, 0.3) is 0 Å². The minimum atomic E-state index is 0.269. The third kappa shape index (κ3) is 2.72. The van der Waals surface area contributed by atoms with Crippen LogP contribution in [0.3, 0.4) is 0 Å². The molecule has 0 radical (unpaired) electrons. The van der Waals surface area contributed by atoms with E-state index in [1.54, 1.807) is 0 Å². The van der Waals surface area contributed by atoms with Gasteiger partial charge in [0.15, 0.2) is 0 Å². The van der Waals surface area contributed by atoms with Crippen molar-refractivity contribution in [2.75, 3.05) is 6.54 Å². The fraction of sp³-hybridized carbons (Fsp3) is 0.765. The van der Waals surface area contributed by atoms with Crippen LogP contribution in [-0.2, 0) is 11.8 Å². The number of hydrogen-bond acceptors (Lipinski definition) is 2. The summed E-state index contributed by atoms with van der Waals surface area (Å²) in [6, 6.07) is 0.269. The molecule has 21 heavy (non-hydrogen) atoms. The van der Waals surface area contributed by atoms with E-state index in [1.165, 1.54) is 31.2 Å². The smallest absolute Gasteiger partial charge is 0.223 e. The number of aromatic nitrogens is 2. The van der Waals surface area contributed by atoms with Crippen molar-refractivity contribution in [3.8, 4) is 0 Å². The summed E-state index contributed by atoms with van der Waals surface area (Å²) in [5, 5.41) is 4.27. The molecule has 1 atom stereocenters. The second-order valence-electron chi connectivity index (χ2n) is 7.24. The van der Waals surface area contributed by atoms with Gasteiger partial charge in [-0.1, -0.05) is 0 Å². The SMILES string of the molecule is Cn1cc(C2CCCN2C(=O)CC(C2CC2)C2CC2)cn1. The van der Waals surface area contributed by atoms with Gasteiger partial charge in [0.2, 0.25) is 5.91 Å². The Kier molecular flexibility index (Phi) is 3.27. The summed E-state index contributed by atoms with van der Waals surface area (Å²) in [5.41, 5.74) is 1.21. The lowest BCUT2D eigenvalue weighted by atomic mass is 9.93. The summed E-state index contributed by atoms with van der Waals surface area (Å²) >= 11 is 0. The van der Waals surface area contributed by atoms with E-state index in [-0.39, 0.29) is 6.04 Å². The second kappa shape index (κ2) is 5.15. The average molecular weight is 287 g/mol. The number of likely N-dealkylation sites (tertiary alicyclic amines) is 1. The molecule has 3 aliphatic rings. The van der Waals surface area contributed by atoms with Crippen molar-refractivity contribution in [3.05, 3.63) is 18.0 Å². The van der Waals surface area contributed by atoms with Gasteiger partial charge in [-0.15, -0.1) is 0 Å². The summed E-state index contributed by atoms with van der Waals surface area (Å²) in [7, 11) is 1.95. The monoisotopic (exact) mass is 287 g/mol. The molecule has 4 heteroatoms. The molecule has 1 aromatic heterocycles. The van der Waals surface area contributed by atoms with Crippen molar-refractivity contribution in [1.29, 1.82) is 0 Å². The molecule has 1 unspecified atom stereocenters. The molecule has 2 aliphatic carbocycles. The van der Waals surface area contributed by atoms with E-state index in [0.717, 1.165) is 37.6 Å². The van der Waals surface area contributed by atoms with Gasteiger partial charge < -0.3 is 4.90 Å². The number of aryl methyl sites for hydroxylation is 1. The largest absolute Gasteiger partial charge is 0.336 e. The molecule has 2 heterocycles. The normalized spacial score (nSPS) is 25.8. The van der Waals surface area contributed by atoms with E-state index < -0.39 is 0 Å². The Hall–Kier alpha value is -1.32. The van der Waals surface area contributed by atoms with Gasteiger partial charge in [0.1, 0.15) is 0 Å². The minimum absolute atomic E-state index is 0.269. The van der Waals surface area contributed by atoms with Crippen LogP contribution >= 0.6 is 0 Å². The van der Waals surface area contributed by atoms with Crippen molar-refractivity contribution in [3.63, 3.8) is 0 Å². The topological polar surface area (TPSA) is 38.1 Å². The van der Waals surface area contributed by atoms with E-state index >= 15 is 0 Å². The van der Waals surface area contributed by atoms with Crippen LogP contribution in [0.5, 0.6) is 0 Å². The molecule has 2 saturated carbocycles. The molecule has 0 spiro atoms. The zero-order chi connectivity index (χ0) is 14.4. The van der Waals surface area contributed by atoms with Crippen LogP contribution in [0.4, 0.5) is 0 Å². The van der Waals surface area contributed by atoms with Crippen LogP contribution < -0.4 is 0 Å². The number of carbonyl (C=O) groups excluding carboxylic acids is 1. The van der Waals surface area contributed by atoms with Crippen LogP contribution in [0.1, 0.15) is 56.6 Å². The standard InChI is InChI=1S/C17H25N3O/c1-19-11-14(10-18-19)16-3-2-8-20(16)17(21)9-15(12-4-5-12)13-6-7-13/h10-13,15-16H,2-9H2,1H3. The first-order chi connectivity index (χ1) is 10.2. The average Bonchev–Trinajstić information content (AvgIpc) is 3.38. The van der Waals surface area contributed by atoms with E-state index in [1.807, 2.05) is 17.9 Å². The van der Waals surface area contributed by atoms with Gasteiger partial charge in [0, 0.05) is 31.8 Å². The fourth-order valence-electron chi connectivity index (χ4n) is 4.11. The Morgan fingerprint density at radius 1 is 1.29 bits per heavy atom. The number of rotatable bonds is 5. The Morgan fingerprint density at radius 2 is 2.00 bits per heavy atom. The highest BCUT2D eigenvalue weighted by molar-refractivity contribution is 5.77. The van der Waals surface area contributed by atoms with Crippen LogP contribution in [0.15, 0.2) is 12.4 Å². The van der Waals surface area contributed by atoms with E-state index in [0.29, 0.717) is 11.8 Å². The van der Waals surface area contributed by atoms with Crippen LogP contribution in [-0.4, -0.2) is 27.1 Å². The Labute approximate surface area is 126 Å². The molecule has 1 aliphatic heterocycles. The summed E-state index contributed by atoms with van der Waals surface area (Å²) in [6.07, 6.45) is 12.5. The van der Waals surface area contributed by atoms with Gasteiger partial charge in [-0.2, -0.15) is 5.10 Å². The first-order valence-corrected chi connectivity index (χ1v) is 8.50. The molecular weight excluding hydrogens is 262 g/mol. The van der Waals surface area contributed by atoms with Gasteiger partial charge in [-0.25, -0.2) is 0 Å². The lowest BCUT2D eigenvalue weighted by molar-refractivity contribution is -0.133. The highest BCUT2D eigenvalue weighted by Crippen LogP contribution is 2.51. The summed E-state index contributed by atoms with van der Waals surface area (Å²) in [4.78, 5) is 14.9. The fourth-order valence-corrected chi connectivity index (χ4v) is 4.11. The summed E-state index contributed by atoms with van der Waals surface area (Å²) < 4.78 is 1.84. The molecule has 0 bridgehead atoms. The Morgan fingerprint density at radius 3 is 2.57 bits per heavy atom. The van der Waals surface area contributed by atoms with Crippen molar-refractivity contribution in [2.24, 2.45) is 24.8 Å². The highest BCUT2D eigenvalue weighted by Gasteiger charge is 2.43. The number of amides is 1. The predicted octanol–water partition coefficient (Wildman–Crippen LogP) is 2.91. The minimum Gasteiger partial charge on any atom is -0.336 e. The molecular formula is C17H25N3O. The van der Waals surface area contributed by atoms with Gasteiger partial charge in [0.05, 0.1) is 12.2 Å². The first-order valence-electron chi connectivity index (χ1n) is 8.50. The zero-order valence-corrected chi connectivity index (χ0v) is 12.9. The van der Waals surface area contributed by atoms with E-state index in [4.69, 9.17) is 0 Å². The number of nitrogens with zero attached hydrogens (tertiary/aromatic N) is 3. The third-order valence-electron chi connectivity index (χ3n) is 5.55. The van der Waals surface area contributed by atoms with E-state index in [9.17, 15) is 4.79 Å². The lowest BCUT2D eigenvalue weighted by Gasteiger charge is -2.26. The van der Waals surface area contributed by atoms with E-state index in [2.05, 4.69) is 16.2 Å². The number of carbonyl (C=O) groups is 1. The molecule has 0 aromatic carbocycles. The maximum atomic E-state index is 12.8. The van der Waals surface area contributed by atoms with Crippen LogP contribution in [0.2, 0.25) is 0 Å². The zero-order valence-electron chi connectivity index (χ0n) is 12.9. The van der Waals surface area contributed by atoms with Crippen molar-refractivity contribution in [2.45, 2.75) is 51.0 Å². The molecule has 114 valence electrons. The maximum Gasteiger partial charge on any atom is 0.223 e. The summed E-state index contributed by atoms with van der Waals surface area (Å²) in [6.45, 7) is 0.931. The number of hydrogen-bond donors (Lipinski definition) is 0. The second-order valence-corrected chi connectivity index (χ2v) is 7.24. The molecule has 4 nitrogen and oxygen atoms in total. The Bertz CT molecular complexity index is 518. The quantitative estimate of drug-likeness (QED) is 0.835. The molecule has 0 N–H and O–H groups in total. The third-order valence-corrected chi connectivity index (χ3v) is 5.55. The molecule has 1 aromatic rings. The van der Waals surface area contributed by atoms with Crippen molar-refractivity contribution in [1.82, 2.24) is 14.7 Å². The van der Waals surface area contributed by atoms with Gasteiger partial charge in [-0.3, -0.25) is 9.48 Å². The molecule has 1 amide bonds. The van der Waals surface area contributed by atoms with Crippen molar-refractivity contribution < 1.29 is 4.79 Å². The highest BCUT2D eigenvalue weighted by atomic mass is 16.2. The maximum absolute atomic E-state index is 12.8. The molecule has 3 fully saturated rings. The van der Waals surface area contributed by atoms with Crippen LogP contribution in [0, 0.1) is 17.8 Å². The summed E-state index contributed by atoms with van der Waals surface area (Å²) in [5.74, 6) is 2.81. The van der Waals surface area contributed by atoms with Crippen molar-refractivity contribution >= 4 is 5.91 Å². The Balaban J connectivity index is 1.45. The van der Waals surface area contributed by atoms with Crippen LogP contribution in [0.25, 0.3) is 0 Å². The lowest BCUT2D eigenvalue weighted by Crippen LogP contribution is -2.32. The predicted molar refractivity (Wildman–Crippen MR) is 80.5 cm³/mol. The first kappa shape index (κ1) is 13.4. The van der Waals surface area contributed by atoms with Gasteiger partial charge in [-0.05, 0) is 56.3 Å².